The molecule has 0 aliphatic heterocycles. The zero-order chi connectivity index (χ0) is 17.9. The summed E-state index contributed by atoms with van der Waals surface area (Å²) in [6.07, 6.45) is 1.66. The van der Waals surface area contributed by atoms with Gasteiger partial charge < -0.3 is 10.6 Å². The van der Waals surface area contributed by atoms with Gasteiger partial charge in [-0.3, -0.25) is 14.8 Å². The average molecular weight is 396 g/mol. The number of aromatic nitrogens is 2. The number of nitro benzene ring substituents is 1. The van der Waals surface area contributed by atoms with Gasteiger partial charge in [-0.25, -0.2) is 4.79 Å². The molecule has 126 valence electrons. The molecule has 1 heterocycles. The lowest BCUT2D eigenvalue weighted by Gasteiger charge is -2.08. The highest BCUT2D eigenvalue weighted by molar-refractivity contribution is 9.10. The predicted octanol–water partition coefficient (Wildman–Crippen LogP) is 2.29. The Labute approximate surface area is 145 Å². The minimum atomic E-state index is -0.691. The Morgan fingerprint density at radius 2 is 2.08 bits per heavy atom. The standard InChI is InChI=1S/C14H14BrN5O4/c1-8-12(15)7-19(17-8)9(2)14(21)24-18-13(16)10-3-5-11(6-4-10)20(22)23/h3-7,9H,1-2H3,(H2,16,18). The Kier molecular flexibility index (Phi) is 5.29. The van der Waals surface area contributed by atoms with Crippen LogP contribution in [0, 0.1) is 17.0 Å². The molecule has 0 spiro atoms. The highest BCUT2D eigenvalue weighted by atomic mass is 79.9. The summed E-state index contributed by atoms with van der Waals surface area (Å²) >= 11 is 3.31. The maximum absolute atomic E-state index is 12.0. The summed E-state index contributed by atoms with van der Waals surface area (Å²) in [4.78, 5) is 26.9. The highest BCUT2D eigenvalue weighted by Crippen LogP contribution is 2.17. The number of nitrogens with two attached hydrogens (primary N) is 1. The van der Waals surface area contributed by atoms with Crippen molar-refractivity contribution in [2.45, 2.75) is 19.9 Å². The van der Waals surface area contributed by atoms with Crippen LogP contribution in [-0.4, -0.2) is 26.5 Å². The highest BCUT2D eigenvalue weighted by Gasteiger charge is 2.19. The van der Waals surface area contributed by atoms with E-state index in [2.05, 4.69) is 26.2 Å². The number of carbonyl (C=O) groups is 1. The van der Waals surface area contributed by atoms with E-state index in [0.29, 0.717) is 5.56 Å². The van der Waals surface area contributed by atoms with Crippen molar-refractivity contribution in [3.05, 3.63) is 56.3 Å². The van der Waals surface area contributed by atoms with Crippen molar-refractivity contribution in [3.8, 4) is 0 Å². The molecule has 0 bridgehead atoms. The van der Waals surface area contributed by atoms with Crippen LogP contribution >= 0.6 is 15.9 Å². The van der Waals surface area contributed by atoms with Gasteiger partial charge in [0, 0.05) is 23.9 Å². The number of hydrogen-bond acceptors (Lipinski definition) is 6. The fourth-order valence-corrected chi connectivity index (χ4v) is 2.03. The van der Waals surface area contributed by atoms with E-state index in [9.17, 15) is 14.9 Å². The van der Waals surface area contributed by atoms with Crippen LogP contribution < -0.4 is 5.73 Å². The first kappa shape index (κ1) is 17.6. The minimum absolute atomic E-state index is 0.0664. The zero-order valence-electron chi connectivity index (χ0n) is 12.8. The van der Waals surface area contributed by atoms with Crippen molar-refractivity contribution >= 4 is 33.4 Å². The number of benzene rings is 1. The molecule has 2 N–H and O–H groups in total. The number of carbonyl (C=O) groups excluding carboxylic acids is 1. The fraction of sp³-hybridized carbons (Fsp3) is 0.214. The molecule has 0 aliphatic carbocycles. The summed E-state index contributed by atoms with van der Waals surface area (Å²) in [5, 5.41) is 18.3. The van der Waals surface area contributed by atoms with Gasteiger partial charge in [0.05, 0.1) is 15.1 Å². The molecule has 9 nitrogen and oxygen atoms in total. The second kappa shape index (κ2) is 7.21. The summed E-state index contributed by atoms with van der Waals surface area (Å²) < 4.78 is 2.22. The van der Waals surface area contributed by atoms with E-state index in [1.165, 1.54) is 28.9 Å². The van der Waals surface area contributed by atoms with Crippen LogP contribution in [0.2, 0.25) is 0 Å². The van der Waals surface area contributed by atoms with Gasteiger partial charge in [-0.2, -0.15) is 5.10 Å². The van der Waals surface area contributed by atoms with Crippen molar-refractivity contribution in [1.82, 2.24) is 9.78 Å². The average Bonchev–Trinajstić information content (AvgIpc) is 2.90. The lowest BCUT2D eigenvalue weighted by atomic mass is 10.2. The van der Waals surface area contributed by atoms with E-state index in [0.717, 1.165) is 10.2 Å². The van der Waals surface area contributed by atoms with Gasteiger partial charge in [-0.15, -0.1) is 0 Å². The summed E-state index contributed by atoms with van der Waals surface area (Å²) in [7, 11) is 0. The first-order valence-corrected chi connectivity index (χ1v) is 7.59. The maximum atomic E-state index is 12.0. The molecule has 1 unspecified atom stereocenters. The molecule has 0 radical (unpaired) electrons. The van der Waals surface area contributed by atoms with Gasteiger partial charge in [0.2, 0.25) is 0 Å². The van der Waals surface area contributed by atoms with Gasteiger partial charge in [-0.05, 0) is 41.9 Å². The van der Waals surface area contributed by atoms with Gasteiger partial charge >= 0.3 is 5.97 Å². The SMILES string of the molecule is Cc1nn(C(C)C(=O)O/N=C(\N)c2ccc([N+](=O)[O-])cc2)cc1Br. The Bertz CT molecular complexity index is 780. The number of rotatable bonds is 5. The van der Waals surface area contributed by atoms with Gasteiger partial charge in [-0.1, -0.05) is 5.16 Å². The Balaban J connectivity index is 2.05. The van der Waals surface area contributed by atoms with Crippen LogP contribution in [0.3, 0.4) is 0 Å². The van der Waals surface area contributed by atoms with Gasteiger partial charge in [0.15, 0.2) is 5.84 Å². The molecule has 2 aromatic rings. The predicted molar refractivity (Wildman–Crippen MR) is 89.3 cm³/mol. The van der Waals surface area contributed by atoms with Crippen molar-refractivity contribution < 1.29 is 14.6 Å². The number of amidine groups is 1. The molecule has 0 saturated heterocycles. The molecule has 0 saturated carbocycles. The lowest BCUT2D eigenvalue weighted by molar-refractivity contribution is -0.384. The molecule has 2 rings (SSSR count). The molecular weight excluding hydrogens is 382 g/mol. The quantitative estimate of drug-likeness (QED) is 0.272. The number of aryl methyl sites for hydroxylation is 1. The van der Waals surface area contributed by atoms with Crippen LogP contribution in [0.1, 0.15) is 24.2 Å². The Morgan fingerprint density at radius 3 is 2.58 bits per heavy atom. The molecule has 0 amide bonds. The molecule has 1 atom stereocenters. The monoisotopic (exact) mass is 395 g/mol. The smallest absolute Gasteiger partial charge is 0.359 e. The Hall–Kier alpha value is -2.75. The Morgan fingerprint density at radius 1 is 1.46 bits per heavy atom. The fourth-order valence-electron chi connectivity index (χ4n) is 1.74. The minimum Gasteiger partial charge on any atom is -0.380 e. The summed E-state index contributed by atoms with van der Waals surface area (Å²) in [6.45, 7) is 3.40. The molecular formula is C14H14BrN5O4. The van der Waals surface area contributed by atoms with E-state index in [-0.39, 0.29) is 11.5 Å². The summed E-state index contributed by atoms with van der Waals surface area (Å²) in [5.41, 5.74) is 6.78. The normalized spacial score (nSPS) is 12.7. The van der Waals surface area contributed by atoms with Gasteiger partial charge in [0.25, 0.3) is 5.69 Å². The van der Waals surface area contributed by atoms with E-state index >= 15 is 0 Å². The third-order valence-corrected chi connectivity index (χ3v) is 3.98. The van der Waals surface area contributed by atoms with E-state index in [1.807, 2.05) is 0 Å². The van der Waals surface area contributed by atoms with Gasteiger partial charge in [0.1, 0.15) is 6.04 Å². The van der Waals surface area contributed by atoms with E-state index in [1.54, 1.807) is 20.0 Å². The molecule has 1 aromatic carbocycles. The number of non-ortho nitro benzene ring substituents is 1. The molecule has 1 aromatic heterocycles. The van der Waals surface area contributed by atoms with Crippen molar-refractivity contribution in [3.63, 3.8) is 0 Å². The van der Waals surface area contributed by atoms with Crippen LogP contribution in [0.5, 0.6) is 0 Å². The second-order valence-electron chi connectivity index (χ2n) is 4.91. The second-order valence-corrected chi connectivity index (χ2v) is 5.76. The van der Waals surface area contributed by atoms with Crippen LogP contribution in [0.25, 0.3) is 0 Å². The zero-order valence-corrected chi connectivity index (χ0v) is 14.4. The van der Waals surface area contributed by atoms with Crippen molar-refractivity contribution in [2.75, 3.05) is 0 Å². The van der Waals surface area contributed by atoms with Crippen LogP contribution in [0.15, 0.2) is 40.1 Å². The molecule has 0 fully saturated rings. The molecule has 0 aliphatic rings. The molecule has 10 heteroatoms. The van der Waals surface area contributed by atoms with Crippen LogP contribution in [0.4, 0.5) is 5.69 Å². The first-order chi connectivity index (χ1) is 11.3. The number of nitro groups is 1. The van der Waals surface area contributed by atoms with E-state index < -0.39 is 16.9 Å². The number of halogens is 1. The summed E-state index contributed by atoms with van der Waals surface area (Å²) in [6, 6.07) is 4.71. The van der Waals surface area contributed by atoms with Crippen LogP contribution in [-0.2, 0) is 9.63 Å². The number of oxime groups is 1. The number of nitrogens with zero attached hydrogens (tertiary/aromatic N) is 4. The topological polar surface area (TPSA) is 126 Å². The molecule has 24 heavy (non-hydrogen) atoms. The maximum Gasteiger partial charge on any atom is 0.359 e. The third-order valence-electron chi connectivity index (χ3n) is 3.20. The number of hydrogen-bond donors (Lipinski definition) is 1. The lowest BCUT2D eigenvalue weighted by Crippen LogP contribution is -2.20. The van der Waals surface area contributed by atoms with Crippen molar-refractivity contribution in [1.29, 1.82) is 0 Å². The summed E-state index contributed by atoms with van der Waals surface area (Å²) in [5.74, 6) is -0.710. The third kappa shape index (κ3) is 3.96. The largest absolute Gasteiger partial charge is 0.380 e. The van der Waals surface area contributed by atoms with Crippen molar-refractivity contribution in [2.24, 2.45) is 10.9 Å². The van der Waals surface area contributed by atoms with E-state index in [4.69, 9.17) is 10.6 Å². The first-order valence-electron chi connectivity index (χ1n) is 6.80.